The summed E-state index contributed by atoms with van der Waals surface area (Å²) >= 11 is 0. The lowest BCUT2D eigenvalue weighted by Crippen LogP contribution is -2.43. The van der Waals surface area contributed by atoms with Gasteiger partial charge in [-0.05, 0) is 44.4 Å². The van der Waals surface area contributed by atoms with Crippen molar-refractivity contribution in [2.24, 2.45) is 0 Å². The van der Waals surface area contributed by atoms with E-state index in [9.17, 15) is 4.79 Å². The van der Waals surface area contributed by atoms with Crippen molar-refractivity contribution in [3.63, 3.8) is 0 Å². The summed E-state index contributed by atoms with van der Waals surface area (Å²) < 4.78 is 16.0. The number of carbonyl (C=O) groups excluding carboxylic acids is 1. The van der Waals surface area contributed by atoms with Crippen molar-refractivity contribution in [2.75, 3.05) is 43.6 Å². The predicted octanol–water partition coefficient (Wildman–Crippen LogP) is 3.92. The van der Waals surface area contributed by atoms with Crippen molar-refractivity contribution < 1.29 is 18.8 Å². The summed E-state index contributed by atoms with van der Waals surface area (Å²) in [5.41, 5.74) is 3.72. The zero-order valence-corrected chi connectivity index (χ0v) is 19.8. The lowest BCUT2D eigenvalue weighted by Gasteiger charge is -2.39. The number of morpholine rings is 1. The van der Waals surface area contributed by atoms with Crippen LogP contribution < -0.4 is 10.2 Å². The summed E-state index contributed by atoms with van der Waals surface area (Å²) in [6.07, 6.45) is 2.66. The van der Waals surface area contributed by atoms with Crippen molar-refractivity contribution >= 4 is 23.4 Å². The van der Waals surface area contributed by atoms with Gasteiger partial charge in [0.2, 0.25) is 5.95 Å². The average molecular weight is 464 g/mol. The number of ether oxygens (including phenoxy) is 2. The first-order valence-electron chi connectivity index (χ1n) is 11.6. The maximum Gasteiger partial charge on any atom is 0.316 e. The summed E-state index contributed by atoms with van der Waals surface area (Å²) in [4.78, 5) is 24.2. The molecule has 3 heterocycles. The Morgan fingerprint density at radius 1 is 1.12 bits per heavy atom. The Labute approximate surface area is 198 Å². The van der Waals surface area contributed by atoms with Crippen molar-refractivity contribution in [3.8, 4) is 11.3 Å². The zero-order chi connectivity index (χ0) is 23.7. The molecule has 3 aromatic rings. The van der Waals surface area contributed by atoms with Crippen LogP contribution in [-0.4, -0.2) is 54.5 Å². The van der Waals surface area contributed by atoms with Crippen LogP contribution in [0, 0.1) is 13.8 Å². The lowest BCUT2D eigenvalue weighted by atomic mass is 9.64. The van der Waals surface area contributed by atoms with Crippen LogP contribution in [0.5, 0.6) is 0 Å². The lowest BCUT2D eigenvalue weighted by molar-refractivity contribution is -0.151. The van der Waals surface area contributed by atoms with Gasteiger partial charge < -0.3 is 24.2 Å². The summed E-state index contributed by atoms with van der Waals surface area (Å²) in [7, 11) is 1.45. The molecule has 1 N–H and O–H groups in total. The molecular formula is C25H29N5O4. The van der Waals surface area contributed by atoms with Gasteiger partial charge in [0, 0.05) is 24.8 Å². The standard InChI is InChI=1S/C25H29N5O4/c1-16-22(17(2)34-29-16)20-15-21(30-11-13-33-14-12-30)28-24(27-20)26-19-7-5-18(6-8-19)25(9-4-10-25)23(31)32-3/h5-8,15H,4,9-14H2,1-3H3,(H,26,27,28). The molecular weight excluding hydrogens is 434 g/mol. The number of rotatable bonds is 6. The van der Waals surface area contributed by atoms with Gasteiger partial charge in [-0.25, -0.2) is 4.98 Å². The number of hydrogen-bond donors (Lipinski definition) is 1. The molecule has 9 heteroatoms. The Morgan fingerprint density at radius 3 is 2.44 bits per heavy atom. The molecule has 1 saturated heterocycles. The molecule has 9 nitrogen and oxygen atoms in total. The number of hydrogen-bond acceptors (Lipinski definition) is 9. The van der Waals surface area contributed by atoms with Gasteiger partial charge in [0.1, 0.15) is 11.6 Å². The predicted molar refractivity (Wildman–Crippen MR) is 127 cm³/mol. The Bertz CT molecular complexity index is 1160. The van der Waals surface area contributed by atoms with Gasteiger partial charge in [0.25, 0.3) is 0 Å². The molecule has 0 bridgehead atoms. The maximum atomic E-state index is 12.4. The van der Waals surface area contributed by atoms with E-state index in [1.807, 2.05) is 44.2 Å². The van der Waals surface area contributed by atoms with E-state index in [1.165, 1.54) is 7.11 Å². The van der Waals surface area contributed by atoms with Gasteiger partial charge in [0.15, 0.2) is 0 Å². The summed E-state index contributed by atoms with van der Waals surface area (Å²) in [6.45, 7) is 6.65. The summed E-state index contributed by atoms with van der Waals surface area (Å²) in [6, 6.07) is 9.86. The van der Waals surface area contributed by atoms with Gasteiger partial charge in [-0.1, -0.05) is 23.7 Å². The molecule has 1 aromatic carbocycles. The molecule has 1 saturated carbocycles. The second-order valence-corrected chi connectivity index (χ2v) is 8.86. The minimum Gasteiger partial charge on any atom is -0.468 e. The highest BCUT2D eigenvalue weighted by atomic mass is 16.5. The van der Waals surface area contributed by atoms with E-state index in [0.717, 1.165) is 66.4 Å². The number of aromatic nitrogens is 3. The second kappa shape index (κ2) is 9.06. The molecule has 1 aliphatic carbocycles. The van der Waals surface area contributed by atoms with Gasteiger partial charge >= 0.3 is 5.97 Å². The Balaban J connectivity index is 1.46. The van der Waals surface area contributed by atoms with Gasteiger partial charge in [-0.3, -0.25) is 4.79 Å². The van der Waals surface area contributed by atoms with Crippen LogP contribution in [0.3, 0.4) is 0 Å². The van der Waals surface area contributed by atoms with Gasteiger partial charge in [-0.15, -0.1) is 0 Å². The molecule has 5 rings (SSSR count). The van der Waals surface area contributed by atoms with Crippen LogP contribution in [0.15, 0.2) is 34.9 Å². The Hall–Kier alpha value is -3.46. The normalized spacial score (nSPS) is 17.2. The van der Waals surface area contributed by atoms with Crippen LogP contribution in [0.2, 0.25) is 0 Å². The number of benzene rings is 1. The van der Waals surface area contributed by atoms with Crippen molar-refractivity contribution in [3.05, 3.63) is 47.3 Å². The third kappa shape index (κ3) is 4.00. The molecule has 0 radical (unpaired) electrons. The fraction of sp³-hybridized carbons (Fsp3) is 0.440. The van der Waals surface area contributed by atoms with Crippen LogP contribution in [0.1, 0.15) is 36.3 Å². The zero-order valence-electron chi connectivity index (χ0n) is 19.8. The number of esters is 1. The number of anilines is 3. The van der Waals surface area contributed by atoms with Crippen LogP contribution in [0.4, 0.5) is 17.5 Å². The third-order valence-electron chi connectivity index (χ3n) is 6.81. The highest BCUT2D eigenvalue weighted by Crippen LogP contribution is 2.45. The molecule has 2 aliphatic rings. The molecule has 0 amide bonds. The van der Waals surface area contributed by atoms with Crippen LogP contribution in [-0.2, 0) is 19.7 Å². The van der Waals surface area contributed by atoms with Crippen molar-refractivity contribution in [2.45, 2.75) is 38.5 Å². The average Bonchev–Trinajstić information content (AvgIpc) is 3.17. The highest BCUT2D eigenvalue weighted by Gasteiger charge is 2.46. The fourth-order valence-corrected chi connectivity index (χ4v) is 4.76. The minimum absolute atomic E-state index is 0.162. The Morgan fingerprint density at radius 2 is 1.85 bits per heavy atom. The van der Waals surface area contributed by atoms with E-state index >= 15 is 0 Å². The first kappa shape index (κ1) is 22.3. The number of nitrogens with zero attached hydrogens (tertiary/aromatic N) is 4. The Kier molecular flexibility index (Phi) is 5.95. The number of aryl methyl sites for hydroxylation is 2. The van der Waals surface area contributed by atoms with Gasteiger partial charge in [0.05, 0.1) is 42.7 Å². The second-order valence-electron chi connectivity index (χ2n) is 8.86. The smallest absolute Gasteiger partial charge is 0.316 e. The SMILES string of the molecule is COC(=O)C1(c2ccc(Nc3nc(-c4c(C)noc4C)cc(N4CCOCC4)n3)cc2)CCC1. The summed E-state index contributed by atoms with van der Waals surface area (Å²) in [5.74, 6) is 1.86. The molecule has 2 fully saturated rings. The quantitative estimate of drug-likeness (QED) is 0.545. The van der Waals surface area contributed by atoms with Gasteiger partial charge in [-0.2, -0.15) is 4.98 Å². The van der Waals surface area contributed by atoms with E-state index in [4.69, 9.17) is 24.0 Å². The molecule has 178 valence electrons. The minimum atomic E-state index is -0.517. The largest absolute Gasteiger partial charge is 0.468 e. The summed E-state index contributed by atoms with van der Waals surface area (Å²) in [5, 5.41) is 7.42. The van der Waals surface area contributed by atoms with Crippen molar-refractivity contribution in [1.82, 2.24) is 15.1 Å². The molecule has 0 spiro atoms. The number of nitrogens with one attached hydrogen (secondary N) is 1. The maximum absolute atomic E-state index is 12.4. The monoisotopic (exact) mass is 463 g/mol. The number of carbonyl (C=O) groups is 1. The fourth-order valence-electron chi connectivity index (χ4n) is 4.76. The van der Waals surface area contributed by atoms with Crippen molar-refractivity contribution in [1.29, 1.82) is 0 Å². The highest BCUT2D eigenvalue weighted by molar-refractivity contribution is 5.84. The molecule has 1 aliphatic heterocycles. The van der Waals surface area contributed by atoms with E-state index < -0.39 is 5.41 Å². The van der Waals surface area contributed by atoms with Crippen LogP contribution >= 0.6 is 0 Å². The van der Waals surface area contributed by atoms with Crippen LogP contribution in [0.25, 0.3) is 11.3 Å². The number of methoxy groups -OCH3 is 1. The molecule has 0 unspecified atom stereocenters. The molecule has 34 heavy (non-hydrogen) atoms. The third-order valence-corrected chi connectivity index (χ3v) is 6.81. The van der Waals surface area contributed by atoms with E-state index in [2.05, 4.69) is 15.4 Å². The van der Waals surface area contributed by atoms with E-state index in [0.29, 0.717) is 24.9 Å². The first-order chi connectivity index (χ1) is 16.5. The van der Waals surface area contributed by atoms with E-state index in [-0.39, 0.29) is 5.97 Å². The van der Waals surface area contributed by atoms with E-state index in [1.54, 1.807) is 0 Å². The molecule has 0 atom stereocenters. The first-order valence-corrected chi connectivity index (χ1v) is 11.6. The topological polar surface area (TPSA) is 103 Å². The molecule has 2 aromatic heterocycles.